The number of ether oxygens (including phenoxy) is 1. The van der Waals surface area contributed by atoms with Crippen molar-refractivity contribution in [3.05, 3.63) is 0 Å². The van der Waals surface area contributed by atoms with Gasteiger partial charge >= 0.3 is 0 Å². The summed E-state index contributed by atoms with van der Waals surface area (Å²) in [5.74, 6) is 2.25. The molecule has 0 aromatic carbocycles. The Bertz CT molecular complexity index is 383. The topological polar surface area (TPSA) is 26.3 Å². The molecule has 5 atom stereocenters. The Hall–Kier alpha value is -0.370. The van der Waals surface area contributed by atoms with Crippen LogP contribution in [0.5, 0.6) is 0 Å². The van der Waals surface area contributed by atoms with Gasteiger partial charge in [-0.3, -0.25) is 4.79 Å². The first kappa shape index (κ1) is 12.7. The summed E-state index contributed by atoms with van der Waals surface area (Å²) in [4.78, 5) is 12.7. The second kappa shape index (κ2) is 3.59. The lowest BCUT2D eigenvalue weighted by Gasteiger charge is -2.43. The third-order valence-corrected chi connectivity index (χ3v) is 6.41. The van der Waals surface area contributed by atoms with E-state index in [0.717, 1.165) is 6.42 Å². The first-order chi connectivity index (χ1) is 8.29. The largest absolute Gasteiger partial charge is 0.367 e. The lowest BCUT2D eigenvalue weighted by Crippen LogP contribution is -2.50. The van der Waals surface area contributed by atoms with E-state index in [-0.39, 0.29) is 11.5 Å². The molecule has 0 aromatic rings. The van der Waals surface area contributed by atoms with Gasteiger partial charge in [0.25, 0.3) is 0 Å². The van der Waals surface area contributed by atoms with Crippen molar-refractivity contribution in [3.8, 4) is 0 Å². The molecule has 0 spiro atoms. The van der Waals surface area contributed by atoms with E-state index in [0.29, 0.717) is 35.1 Å². The molecule has 4 bridgehead atoms. The summed E-state index contributed by atoms with van der Waals surface area (Å²) in [6.07, 6.45) is 3.57. The summed E-state index contributed by atoms with van der Waals surface area (Å²) in [6.45, 7) is 11.0. The van der Waals surface area contributed by atoms with Crippen LogP contribution in [0.15, 0.2) is 0 Å². The van der Waals surface area contributed by atoms with Gasteiger partial charge < -0.3 is 4.74 Å². The van der Waals surface area contributed by atoms with Crippen LogP contribution in [0.1, 0.15) is 53.9 Å². The molecule has 2 aliphatic heterocycles. The smallest absolute Gasteiger partial charge is 0.167 e. The van der Waals surface area contributed by atoms with Gasteiger partial charge in [-0.2, -0.15) is 0 Å². The molecule has 2 heterocycles. The van der Waals surface area contributed by atoms with Crippen molar-refractivity contribution in [3.63, 3.8) is 0 Å². The van der Waals surface area contributed by atoms with E-state index in [9.17, 15) is 4.79 Å². The molecule has 4 fully saturated rings. The molecule has 18 heavy (non-hydrogen) atoms. The SMILES string of the molecule is CCC(C)(C)C(=O)C1OC2CC3C1CC2C3(C)C. The molecule has 0 radical (unpaired) electrons. The summed E-state index contributed by atoms with van der Waals surface area (Å²) in [5, 5.41) is 0. The van der Waals surface area contributed by atoms with E-state index in [1.165, 1.54) is 12.8 Å². The van der Waals surface area contributed by atoms with Gasteiger partial charge in [0.15, 0.2) is 5.78 Å². The number of ketones is 1. The highest BCUT2D eigenvalue weighted by atomic mass is 16.5. The van der Waals surface area contributed by atoms with Crippen LogP contribution in [-0.2, 0) is 9.53 Å². The van der Waals surface area contributed by atoms with E-state index in [2.05, 4.69) is 34.6 Å². The second-order valence-corrected chi connectivity index (χ2v) is 7.87. The van der Waals surface area contributed by atoms with Crippen LogP contribution in [0.2, 0.25) is 0 Å². The Morgan fingerprint density at radius 2 is 1.94 bits per heavy atom. The summed E-state index contributed by atoms with van der Waals surface area (Å²) in [7, 11) is 0. The number of carbonyl (C=O) groups is 1. The fourth-order valence-electron chi connectivity index (χ4n) is 4.70. The molecule has 102 valence electrons. The third kappa shape index (κ3) is 1.41. The standard InChI is InChI=1S/C16H26O2/c1-6-15(2,3)14(17)13-9-7-11-12(18-13)8-10(9)16(11,4)5/h9-13H,6-8H2,1-5H3. The highest BCUT2D eigenvalue weighted by Gasteiger charge is 2.65. The molecule has 0 aromatic heterocycles. The third-order valence-electron chi connectivity index (χ3n) is 6.41. The highest BCUT2D eigenvalue weighted by Crippen LogP contribution is 2.65. The molecule has 2 aliphatic carbocycles. The van der Waals surface area contributed by atoms with Crippen molar-refractivity contribution < 1.29 is 9.53 Å². The summed E-state index contributed by atoms with van der Waals surface area (Å²) in [5.41, 5.74) is 0.164. The van der Waals surface area contributed by atoms with Crippen molar-refractivity contribution in [2.45, 2.75) is 66.1 Å². The van der Waals surface area contributed by atoms with Crippen LogP contribution in [-0.4, -0.2) is 18.0 Å². The molecule has 2 saturated heterocycles. The maximum Gasteiger partial charge on any atom is 0.167 e. The Balaban J connectivity index is 1.86. The van der Waals surface area contributed by atoms with Crippen molar-refractivity contribution in [1.29, 1.82) is 0 Å². The van der Waals surface area contributed by atoms with Gasteiger partial charge in [-0.15, -0.1) is 0 Å². The number of rotatable bonds is 3. The van der Waals surface area contributed by atoms with Crippen LogP contribution in [0, 0.1) is 28.6 Å². The lowest BCUT2D eigenvalue weighted by atomic mass is 9.72. The minimum absolute atomic E-state index is 0.110. The Labute approximate surface area is 110 Å². The molecule has 2 heteroatoms. The van der Waals surface area contributed by atoms with Crippen molar-refractivity contribution in [2.24, 2.45) is 28.6 Å². The van der Waals surface area contributed by atoms with Gasteiger partial charge in [-0.1, -0.05) is 34.6 Å². The highest BCUT2D eigenvalue weighted by molar-refractivity contribution is 5.88. The van der Waals surface area contributed by atoms with Gasteiger partial charge in [0.2, 0.25) is 0 Å². The Kier molecular flexibility index (Phi) is 2.53. The summed E-state index contributed by atoms with van der Waals surface area (Å²) >= 11 is 0. The number of hydrogen-bond acceptors (Lipinski definition) is 2. The Morgan fingerprint density at radius 1 is 1.28 bits per heavy atom. The molecule has 4 rings (SSSR count). The zero-order valence-electron chi connectivity index (χ0n) is 12.3. The number of carbonyl (C=O) groups excluding carboxylic acids is 1. The predicted molar refractivity (Wildman–Crippen MR) is 71.2 cm³/mol. The van der Waals surface area contributed by atoms with Crippen LogP contribution < -0.4 is 0 Å². The fourth-order valence-corrected chi connectivity index (χ4v) is 4.70. The minimum Gasteiger partial charge on any atom is -0.367 e. The second-order valence-electron chi connectivity index (χ2n) is 7.87. The molecular formula is C16H26O2. The van der Waals surface area contributed by atoms with E-state index >= 15 is 0 Å². The molecule has 5 unspecified atom stereocenters. The minimum atomic E-state index is -0.226. The van der Waals surface area contributed by atoms with E-state index in [1.54, 1.807) is 0 Å². The Morgan fingerprint density at radius 3 is 2.39 bits per heavy atom. The zero-order chi connectivity index (χ0) is 13.3. The number of Topliss-reactive ketones (excluding diaryl/α,β-unsaturated/α-hetero) is 1. The van der Waals surface area contributed by atoms with E-state index < -0.39 is 0 Å². The lowest BCUT2D eigenvalue weighted by molar-refractivity contribution is -0.169. The van der Waals surface area contributed by atoms with Gasteiger partial charge in [0, 0.05) is 5.41 Å². The maximum atomic E-state index is 12.7. The summed E-state index contributed by atoms with van der Waals surface area (Å²) < 4.78 is 6.18. The maximum absolute atomic E-state index is 12.7. The average Bonchev–Trinajstić information content (AvgIpc) is 2.71. The summed E-state index contributed by atoms with van der Waals surface area (Å²) in [6, 6.07) is 0. The van der Waals surface area contributed by atoms with Crippen molar-refractivity contribution >= 4 is 5.78 Å². The number of hydrogen-bond donors (Lipinski definition) is 0. The predicted octanol–water partition coefficient (Wildman–Crippen LogP) is 3.44. The first-order valence-corrected chi connectivity index (χ1v) is 7.49. The van der Waals surface area contributed by atoms with Crippen LogP contribution in [0.3, 0.4) is 0 Å². The fraction of sp³-hybridized carbons (Fsp3) is 0.938. The number of fused-ring (bicyclic) bond motifs is 1. The van der Waals surface area contributed by atoms with E-state index in [1.807, 2.05) is 0 Å². The average molecular weight is 250 g/mol. The van der Waals surface area contributed by atoms with Gasteiger partial charge in [0.05, 0.1) is 6.10 Å². The van der Waals surface area contributed by atoms with Crippen LogP contribution >= 0.6 is 0 Å². The molecule has 2 saturated carbocycles. The van der Waals surface area contributed by atoms with Gasteiger partial charge in [0.1, 0.15) is 6.10 Å². The molecule has 0 N–H and O–H groups in total. The molecule has 2 nitrogen and oxygen atoms in total. The zero-order valence-corrected chi connectivity index (χ0v) is 12.3. The van der Waals surface area contributed by atoms with Crippen molar-refractivity contribution in [1.82, 2.24) is 0 Å². The molecular weight excluding hydrogens is 224 g/mol. The normalized spacial score (nSPS) is 44.6. The van der Waals surface area contributed by atoms with Crippen molar-refractivity contribution in [2.75, 3.05) is 0 Å². The molecule has 0 amide bonds. The van der Waals surface area contributed by atoms with E-state index in [4.69, 9.17) is 4.74 Å². The van der Waals surface area contributed by atoms with Gasteiger partial charge in [-0.05, 0) is 42.4 Å². The monoisotopic (exact) mass is 250 g/mol. The van der Waals surface area contributed by atoms with Crippen LogP contribution in [0.4, 0.5) is 0 Å². The van der Waals surface area contributed by atoms with Gasteiger partial charge in [-0.25, -0.2) is 0 Å². The van der Waals surface area contributed by atoms with Crippen LogP contribution in [0.25, 0.3) is 0 Å². The first-order valence-electron chi connectivity index (χ1n) is 7.49. The quantitative estimate of drug-likeness (QED) is 0.767. The molecule has 4 aliphatic rings.